The fraction of sp³-hybridized carbons (Fsp3) is 0.258. The van der Waals surface area contributed by atoms with Crippen LogP contribution in [0.4, 0.5) is 0 Å². The van der Waals surface area contributed by atoms with Crippen molar-refractivity contribution in [3.8, 4) is 17.2 Å². The highest BCUT2D eigenvalue weighted by molar-refractivity contribution is 6.46. The van der Waals surface area contributed by atoms with Gasteiger partial charge in [0, 0.05) is 30.9 Å². The largest absolute Gasteiger partial charge is 0.507 e. The monoisotopic (exact) mass is 526 g/mol. The van der Waals surface area contributed by atoms with E-state index in [2.05, 4.69) is 11.6 Å². The zero-order chi connectivity index (χ0) is 27.5. The van der Waals surface area contributed by atoms with Crippen molar-refractivity contribution >= 4 is 17.4 Å². The first-order valence-electron chi connectivity index (χ1n) is 12.9. The molecule has 1 amide bonds. The predicted octanol–water partition coefficient (Wildman–Crippen LogP) is 4.99. The normalized spacial score (nSPS) is 19.5. The minimum absolute atomic E-state index is 0.0120. The Morgan fingerprint density at radius 2 is 2.03 bits per heavy atom. The number of amides is 1. The Labute approximate surface area is 227 Å². The van der Waals surface area contributed by atoms with Crippen LogP contribution in [0.3, 0.4) is 0 Å². The maximum Gasteiger partial charge on any atom is 0.295 e. The van der Waals surface area contributed by atoms with Crippen LogP contribution in [0.25, 0.3) is 5.76 Å². The molecule has 0 radical (unpaired) electrons. The van der Waals surface area contributed by atoms with E-state index in [0.29, 0.717) is 42.3 Å². The molecule has 39 heavy (non-hydrogen) atoms. The molecule has 1 N–H and O–H groups in total. The van der Waals surface area contributed by atoms with Gasteiger partial charge in [0.2, 0.25) is 0 Å². The third kappa shape index (κ3) is 5.10. The van der Waals surface area contributed by atoms with Gasteiger partial charge in [-0.25, -0.2) is 0 Å². The number of rotatable bonds is 9. The number of aliphatic hydroxyl groups is 1. The van der Waals surface area contributed by atoms with E-state index in [1.807, 2.05) is 26.0 Å². The van der Waals surface area contributed by atoms with Gasteiger partial charge in [-0.2, -0.15) is 0 Å². The van der Waals surface area contributed by atoms with Crippen LogP contribution >= 0.6 is 0 Å². The van der Waals surface area contributed by atoms with Gasteiger partial charge in [-0.3, -0.25) is 14.6 Å². The molecule has 2 aliphatic rings. The first-order chi connectivity index (χ1) is 18.9. The van der Waals surface area contributed by atoms with Crippen molar-refractivity contribution in [2.24, 2.45) is 0 Å². The number of hydrogen-bond donors (Lipinski definition) is 1. The summed E-state index contributed by atoms with van der Waals surface area (Å²) in [4.78, 5) is 32.5. The second-order valence-electron chi connectivity index (χ2n) is 9.48. The Bertz CT molecular complexity index is 1450. The average Bonchev–Trinajstić information content (AvgIpc) is 3.43. The van der Waals surface area contributed by atoms with E-state index in [1.165, 1.54) is 4.90 Å². The number of carbonyl (C=O) groups is 2. The second-order valence-corrected chi connectivity index (χ2v) is 9.48. The van der Waals surface area contributed by atoms with Gasteiger partial charge in [0.05, 0.1) is 18.2 Å². The number of nitrogens with zero attached hydrogens (tertiary/aromatic N) is 2. The Balaban J connectivity index is 1.64. The highest BCUT2D eigenvalue weighted by Gasteiger charge is 2.46. The quantitative estimate of drug-likeness (QED) is 0.182. The minimum atomic E-state index is -0.860. The van der Waals surface area contributed by atoms with Gasteiger partial charge in [-0.05, 0) is 66.9 Å². The molecule has 0 saturated carbocycles. The zero-order valence-corrected chi connectivity index (χ0v) is 21.9. The Morgan fingerprint density at radius 3 is 2.77 bits per heavy atom. The number of benzene rings is 2. The Hall–Kier alpha value is -4.59. The maximum absolute atomic E-state index is 13.5. The van der Waals surface area contributed by atoms with Gasteiger partial charge in [0.25, 0.3) is 11.7 Å². The van der Waals surface area contributed by atoms with Crippen LogP contribution in [-0.4, -0.2) is 46.0 Å². The molecule has 1 fully saturated rings. The number of carbonyl (C=O) groups excluding carboxylic acids is 2. The second kappa shape index (κ2) is 11.0. The molecule has 2 atom stereocenters. The number of pyridine rings is 1. The molecule has 2 aromatic carbocycles. The average molecular weight is 527 g/mol. The van der Waals surface area contributed by atoms with E-state index in [-0.39, 0.29) is 24.0 Å². The first-order valence-corrected chi connectivity index (χ1v) is 12.9. The molecular weight excluding hydrogens is 496 g/mol. The number of fused-ring (bicyclic) bond motifs is 1. The lowest BCUT2D eigenvalue weighted by molar-refractivity contribution is -0.140. The van der Waals surface area contributed by atoms with Crippen LogP contribution in [-0.2, 0) is 22.6 Å². The van der Waals surface area contributed by atoms with Crippen molar-refractivity contribution in [3.63, 3.8) is 0 Å². The summed E-state index contributed by atoms with van der Waals surface area (Å²) in [6, 6.07) is 13.3. The van der Waals surface area contributed by atoms with Gasteiger partial charge in [-0.1, -0.05) is 24.8 Å². The third-order valence-corrected chi connectivity index (χ3v) is 6.73. The van der Waals surface area contributed by atoms with Crippen LogP contribution in [0.1, 0.15) is 42.1 Å². The minimum Gasteiger partial charge on any atom is -0.507 e. The number of hydrogen-bond acceptors (Lipinski definition) is 7. The summed E-state index contributed by atoms with van der Waals surface area (Å²) in [6.07, 6.45) is 5.65. The van der Waals surface area contributed by atoms with E-state index >= 15 is 0 Å². The summed E-state index contributed by atoms with van der Waals surface area (Å²) < 4.78 is 17.4. The summed E-state index contributed by atoms with van der Waals surface area (Å²) in [5, 5.41) is 11.5. The molecule has 2 aliphatic heterocycles. The molecule has 200 valence electrons. The lowest BCUT2D eigenvalue weighted by atomic mass is 9.94. The summed E-state index contributed by atoms with van der Waals surface area (Å²) in [6.45, 7) is 8.33. The van der Waals surface area contributed by atoms with E-state index in [1.54, 1.807) is 54.9 Å². The number of aliphatic hydroxyl groups excluding tert-OH is 1. The van der Waals surface area contributed by atoms with Crippen LogP contribution in [0.15, 0.2) is 79.2 Å². The summed E-state index contributed by atoms with van der Waals surface area (Å²) in [7, 11) is 0. The molecule has 0 spiro atoms. The highest BCUT2D eigenvalue weighted by atomic mass is 16.5. The molecule has 0 bridgehead atoms. The molecule has 3 aromatic rings. The molecular formula is C31H30N2O6. The van der Waals surface area contributed by atoms with Gasteiger partial charge >= 0.3 is 0 Å². The van der Waals surface area contributed by atoms with Crippen molar-refractivity contribution in [1.82, 2.24) is 9.88 Å². The van der Waals surface area contributed by atoms with Crippen molar-refractivity contribution in [2.75, 3.05) is 13.2 Å². The predicted molar refractivity (Wildman–Crippen MR) is 146 cm³/mol. The van der Waals surface area contributed by atoms with Crippen molar-refractivity contribution in [2.45, 2.75) is 39.0 Å². The molecule has 5 rings (SSSR count). The summed E-state index contributed by atoms with van der Waals surface area (Å²) in [5.74, 6) is 0.0401. The highest BCUT2D eigenvalue weighted by Crippen LogP contribution is 2.43. The summed E-state index contributed by atoms with van der Waals surface area (Å²) >= 11 is 0. The van der Waals surface area contributed by atoms with Gasteiger partial charge in [0.15, 0.2) is 11.5 Å². The number of aromatic nitrogens is 1. The Kier molecular flexibility index (Phi) is 7.36. The molecule has 8 nitrogen and oxygen atoms in total. The van der Waals surface area contributed by atoms with E-state index in [9.17, 15) is 14.7 Å². The van der Waals surface area contributed by atoms with E-state index in [0.717, 1.165) is 16.9 Å². The SMILES string of the molecule is C=CCOc1ccc([C@H]2C(=C(O)c3ccc4c(c3)C[C@H](C)O4)C(=O)C(=O)N2Cc2cccnc2)cc1OCC. The molecule has 0 aliphatic carbocycles. The molecule has 0 unspecified atom stereocenters. The topological polar surface area (TPSA) is 98.2 Å². The Morgan fingerprint density at radius 1 is 1.18 bits per heavy atom. The standard InChI is InChI=1S/C31H30N2O6/c1-4-13-38-25-11-8-21(16-26(25)37-5-2)28-27(29(34)22-9-10-24-23(15-22)14-19(3)39-24)30(35)31(36)33(28)18-20-7-6-12-32-17-20/h4,6-12,15-17,19,28,34H,1,5,13-14,18H2,2-3H3/t19-,28-/m0/s1. The first kappa shape index (κ1) is 26.0. The van der Waals surface area contributed by atoms with E-state index in [4.69, 9.17) is 14.2 Å². The van der Waals surface area contributed by atoms with Crippen molar-refractivity contribution < 1.29 is 28.9 Å². The lowest BCUT2D eigenvalue weighted by Crippen LogP contribution is -2.29. The van der Waals surface area contributed by atoms with Gasteiger partial charge in [-0.15, -0.1) is 0 Å². The van der Waals surface area contributed by atoms with Gasteiger partial charge in [0.1, 0.15) is 24.2 Å². The third-order valence-electron chi connectivity index (χ3n) is 6.73. The fourth-order valence-electron chi connectivity index (χ4n) is 5.03. The van der Waals surface area contributed by atoms with Crippen LogP contribution in [0.5, 0.6) is 17.2 Å². The number of likely N-dealkylation sites (tertiary alicyclic amines) is 1. The van der Waals surface area contributed by atoms with Gasteiger partial charge < -0.3 is 24.2 Å². The van der Waals surface area contributed by atoms with Crippen LogP contribution in [0, 0.1) is 0 Å². The maximum atomic E-state index is 13.5. The molecule has 8 heteroatoms. The smallest absolute Gasteiger partial charge is 0.295 e. The number of ketones is 1. The summed E-state index contributed by atoms with van der Waals surface area (Å²) in [5.41, 5.74) is 2.76. The molecule has 1 aromatic heterocycles. The fourth-order valence-corrected chi connectivity index (χ4v) is 5.03. The zero-order valence-electron chi connectivity index (χ0n) is 21.9. The van der Waals surface area contributed by atoms with Crippen molar-refractivity contribution in [3.05, 3.63) is 101 Å². The molecule has 3 heterocycles. The van der Waals surface area contributed by atoms with E-state index < -0.39 is 17.7 Å². The lowest BCUT2D eigenvalue weighted by Gasteiger charge is -2.26. The molecule has 1 saturated heterocycles. The number of ether oxygens (including phenoxy) is 3. The van der Waals surface area contributed by atoms with Crippen molar-refractivity contribution in [1.29, 1.82) is 0 Å². The number of Topliss-reactive ketones (excluding diaryl/α,β-unsaturated/α-hetero) is 1. The van der Waals surface area contributed by atoms with Crippen LogP contribution < -0.4 is 14.2 Å². The van der Waals surface area contributed by atoms with Crippen LogP contribution in [0.2, 0.25) is 0 Å².